The Balaban J connectivity index is 1.34. The molecule has 4 heterocycles. The van der Waals surface area contributed by atoms with Crippen LogP contribution in [0.15, 0.2) is 65.5 Å². The van der Waals surface area contributed by atoms with Crippen LogP contribution in [0.1, 0.15) is 16.2 Å². The van der Waals surface area contributed by atoms with Gasteiger partial charge in [-0.15, -0.1) is 0 Å². The van der Waals surface area contributed by atoms with Crippen molar-refractivity contribution in [3.05, 3.63) is 88.6 Å². The Hall–Kier alpha value is -3.83. The molecule has 1 aliphatic heterocycles. The van der Waals surface area contributed by atoms with Crippen molar-refractivity contribution in [1.82, 2.24) is 24.3 Å². The molecule has 3 N–H and O–H groups in total. The molecule has 1 saturated heterocycles. The third-order valence-corrected chi connectivity index (χ3v) is 6.56. The zero-order chi connectivity index (χ0) is 24.3. The van der Waals surface area contributed by atoms with Crippen LogP contribution in [0.5, 0.6) is 0 Å². The van der Waals surface area contributed by atoms with Crippen molar-refractivity contribution in [3.63, 3.8) is 0 Å². The van der Waals surface area contributed by atoms with E-state index in [1.165, 1.54) is 40.0 Å². The van der Waals surface area contributed by atoms with Gasteiger partial charge in [0.2, 0.25) is 0 Å². The topological polar surface area (TPSA) is 98.6 Å². The molecule has 0 unspecified atom stereocenters. The number of rotatable bonds is 4. The maximum absolute atomic E-state index is 15.4. The first kappa shape index (κ1) is 21.7. The molecule has 0 atom stereocenters. The second-order valence-corrected chi connectivity index (χ2v) is 9.35. The molecular formula is C24H17BrF2N6O2. The van der Waals surface area contributed by atoms with Crippen LogP contribution in [0.3, 0.4) is 0 Å². The molecule has 0 spiro atoms. The Morgan fingerprint density at radius 2 is 2.00 bits per heavy atom. The first-order valence-electron chi connectivity index (χ1n) is 10.7. The molecule has 8 nitrogen and oxygen atoms in total. The lowest BCUT2D eigenvalue weighted by molar-refractivity contribution is -0.0916. The molecule has 176 valence electrons. The van der Waals surface area contributed by atoms with E-state index in [2.05, 4.69) is 36.2 Å². The monoisotopic (exact) mass is 538 g/mol. The molecule has 5 aromatic rings. The van der Waals surface area contributed by atoms with Gasteiger partial charge >= 0.3 is 0 Å². The lowest BCUT2D eigenvalue weighted by atomic mass is 9.92. The number of amides is 1. The highest BCUT2D eigenvalue weighted by atomic mass is 79.9. The first-order chi connectivity index (χ1) is 16.8. The molecule has 11 heteroatoms. The summed E-state index contributed by atoms with van der Waals surface area (Å²) in [4.78, 5) is 26.3. The lowest BCUT2D eigenvalue weighted by Crippen LogP contribution is -2.61. The third kappa shape index (κ3) is 3.55. The highest BCUT2D eigenvalue weighted by molar-refractivity contribution is 9.10. The van der Waals surface area contributed by atoms with Gasteiger partial charge in [-0.3, -0.25) is 4.79 Å². The number of imidazole rings is 2. The summed E-state index contributed by atoms with van der Waals surface area (Å²) < 4.78 is 31.8. The van der Waals surface area contributed by atoms with Crippen molar-refractivity contribution in [2.75, 3.05) is 18.4 Å². The molecule has 0 bridgehead atoms. The summed E-state index contributed by atoms with van der Waals surface area (Å²) >= 11 is 3.19. The van der Waals surface area contributed by atoms with E-state index in [1.807, 2.05) is 24.3 Å². The number of fused-ring (bicyclic) bond motifs is 2. The molecule has 35 heavy (non-hydrogen) atoms. The highest BCUT2D eigenvalue weighted by Gasteiger charge is 2.48. The van der Waals surface area contributed by atoms with Crippen molar-refractivity contribution in [3.8, 4) is 0 Å². The lowest BCUT2D eigenvalue weighted by Gasteiger charge is -2.45. The Morgan fingerprint density at radius 1 is 1.20 bits per heavy atom. The number of para-hydroxylation sites is 2. The normalized spacial score (nSPS) is 14.9. The number of halogens is 3. The van der Waals surface area contributed by atoms with Crippen LogP contribution >= 0.6 is 15.9 Å². The minimum Gasteiger partial charge on any atom is -0.378 e. The summed E-state index contributed by atoms with van der Waals surface area (Å²) in [5, 5.41) is 13.8. The Bertz CT molecular complexity index is 1590. The number of aromatic nitrogens is 4. The average molecular weight is 539 g/mol. The van der Waals surface area contributed by atoms with E-state index in [4.69, 9.17) is 0 Å². The number of H-pyrrole nitrogens is 1. The van der Waals surface area contributed by atoms with Gasteiger partial charge in [-0.25, -0.2) is 18.7 Å². The van der Waals surface area contributed by atoms with Crippen LogP contribution in [0.25, 0.3) is 16.7 Å². The van der Waals surface area contributed by atoms with Crippen molar-refractivity contribution in [1.29, 1.82) is 0 Å². The molecule has 6 rings (SSSR count). The summed E-state index contributed by atoms with van der Waals surface area (Å²) in [6.07, 6.45) is 4.35. The van der Waals surface area contributed by atoms with Gasteiger partial charge in [-0.1, -0.05) is 28.1 Å². The van der Waals surface area contributed by atoms with E-state index in [-0.39, 0.29) is 35.7 Å². The highest BCUT2D eigenvalue weighted by Crippen LogP contribution is 2.35. The molecule has 0 aliphatic carbocycles. The average Bonchev–Trinajstić information content (AvgIpc) is 3.47. The molecule has 1 amide bonds. The number of nitrogens with zero attached hydrogens (tertiary/aromatic N) is 4. The number of benzene rings is 2. The number of aromatic amines is 1. The van der Waals surface area contributed by atoms with Gasteiger partial charge in [0.05, 0.1) is 41.1 Å². The van der Waals surface area contributed by atoms with Crippen molar-refractivity contribution < 1.29 is 18.7 Å². The Kier molecular flexibility index (Phi) is 4.87. The fourth-order valence-electron chi connectivity index (χ4n) is 4.25. The minimum absolute atomic E-state index is 0.000513. The van der Waals surface area contributed by atoms with Gasteiger partial charge in [0.25, 0.3) is 5.91 Å². The van der Waals surface area contributed by atoms with Crippen LogP contribution in [0.4, 0.5) is 20.2 Å². The van der Waals surface area contributed by atoms with Crippen LogP contribution in [-0.4, -0.2) is 48.4 Å². The molecule has 1 aliphatic rings. The van der Waals surface area contributed by atoms with E-state index in [0.29, 0.717) is 15.8 Å². The SMILES string of the molecule is O=C(c1cn2ccnc2c(F)c1Nc1ccc(Br)cc1F)N1CC(O)(c2nc3ccccc3[nH]2)C1. The van der Waals surface area contributed by atoms with E-state index >= 15 is 4.39 Å². The van der Waals surface area contributed by atoms with Crippen LogP contribution < -0.4 is 5.32 Å². The zero-order valence-electron chi connectivity index (χ0n) is 18.0. The number of carbonyl (C=O) groups is 1. The fraction of sp³-hybridized carbons (Fsp3) is 0.125. The van der Waals surface area contributed by atoms with E-state index < -0.39 is 23.1 Å². The summed E-state index contributed by atoms with van der Waals surface area (Å²) in [6.45, 7) is -0.0807. The number of anilines is 2. The second kappa shape index (κ2) is 7.85. The Morgan fingerprint density at radius 3 is 2.77 bits per heavy atom. The minimum atomic E-state index is -1.36. The molecule has 2 aromatic carbocycles. The number of aliphatic hydroxyl groups is 1. The summed E-state index contributed by atoms with van der Waals surface area (Å²) in [5.74, 6) is -1.59. The fourth-order valence-corrected chi connectivity index (χ4v) is 4.59. The van der Waals surface area contributed by atoms with Crippen LogP contribution in [0, 0.1) is 11.6 Å². The van der Waals surface area contributed by atoms with Gasteiger partial charge in [0.1, 0.15) is 11.6 Å². The van der Waals surface area contributed by atoms with Crippen LogP contribution in [0.2, 0.25) is 0 Å². The molecule has 0 saturated carbocycles. The van der Waals surface area contributed by atoms with Gasteiger partial charge in [-0.2, -0.15) is 0 Å². The predicted molar refractivity (Wildman–Crippen MR) is 128 cm³/mol. The molecule has 1 fully saturated rings. The predicted octanol–water partition coefficient (Wildman–Crippen LogP) is 4.34. The number of hydrogen-bond donors (Lipinski definition) is 3. The number of pyridine rings is 1. The first-order valence-corrected chi connectivity index (χ1v) is 11.5. The third-order valence-electron chi connectivity index (χ3n) is 6.07. The van der Waals surface area contributed by atoms with E-state index in [1.54, 1.807) is 6.07 Å². The summed E-state index contributed by atoms with van der Waals surface area (Å²) in [5.41, 5.74) is -0.121. The van der Waals surface area contributed by atoms with Gasteiger partial charge in [-0.05, 0) is 30.3 Å². The van der Waals surface area contributed by atoms with Crippen molar-refractivity contribution >= 4 is 49.9 Å². The largest absolute Gasteiger partial charge is 0.378 e. The maximum atomic E-state index is 15.4. The smallest absolute Gasteiger partial charge is 0.257 e. The van der Waals surface area contributed by atoms with Crippen molar-refractivity contribution in [2.45, 2.75) is 5.60 Å². The number of β-amino-alcohol motifs (C(OH)–C–C–N with tert-alkyl or cyclic N) is 1. The molecule has 3 aromatic heterocycles. The zero-order valence-corrected chi connectivity index (χ0v) is 19.6. The van der Waals surface area contributed by atoms with Crippen LogP contribution in [-0.2, 0) is 5.60 Å². The quantitative estimate of drug-likeness (QED) is 0.316. The Labute approximate surface area is 205 Å². The number of likely N-dealkylation sites (tertiary alicyclic amines) is 1. The number of carbonyl (C=O) groups excluding carboxylic acids is 1. The second-order valence-electron chi connectivity index (χ2n) is 8.43. The van der Waals surface area contributed by atoms with Crippen molar-refractivity contribution in [2.24, 2.45) is 0 Å². The molecule has 0 radical (unpaired) electrons. The standard InChI is InChI=1S/C24H17BrF2N6O2/c25-13-5-6-16(15(26)9-13)29-20-14(10-32-8-7-28-21(32)19(20)27)22(34)33-11-24(35,12-33)23-30-17-3-1-2-4-18(17)31-23/h1-10,29,35H,11-12H2,(H,30,31). The number of nitrogens with one attached hydrogen (secondary N) is 2. The van der Waals surface area contributed by atoms with E-state index in [0.717, 1.165) is 5.52 Å². The van der Waals surface area contributed by atoms with Gasteiger partial charge in [0, 0.05) is 23.1 Å². The van der Waals surface area contributed by atoms with E-state index in [9.17, 15) is 14.3 Å². The summed E-state index contributed by atoms with van der Waals surface area (Å²) in [6, 6.07) is 11.6. The summed E-state index contributed by atoms with van der Waals surface area (Å²) in [7, 11) is 0. The molecular weight excluding hydrogens is 522 g/mol. The van der Waals surface area contributed by atoms with Gasteiger partial charge < -0.3 is 24.7 Å². The number of hydrogen-bond acceptors (Lipinski definition) is 5. The van der Waals surface area contributed by atoms with Gasteiger partial charge in [0.15, 0.2) is 17.1 Å². The maximum Gasteiger partial charge on any atom is 0.257 e.